The van der Waals surface area contributed by atoms with Gasteiger partial charge in [0.1, 0.15) is 5.69 Å². The quantitative estimate of drug-likeness (QED) is 0.669. The van der Waals surface area contributed by atoms with Crippen LogP contribution in [0.2, 0.25) is 0 Å². The minimum absolute atomic E-state index is 0.811. The van der Waals surface area contributed by atoms with Crippen molar-refractivity contribution < 1.29 is 0 Å². The van der Waals surface area contributed by atoms with Crippen LogP contribution in [0.25, 0.3) is 11.3 Å². The van der Waals surface area contributed by atoms with Gasteiger partial charge in [-0.25, -0.2) is 0 Å². The molecule has 0 radical (unpaired) electrons. The van der Waals surface area contributed by atoms with Gasteiger partial charge in [0.25, 0.3) is 0 Å². The van der Waals surface area contributed by atoms with Crippen LogP contribution < -0.4 is 0 Å². The molecule has 0 saturated carbocycles. The Morgan fingerprint density at radius 3 is 2.32 bits per heavy atom. The highest BCUT2D eigenvalue weighted by Gasteiger charge is 2.01. The summed E-state index contributed by atoms with van der Waals surface area (Å²) in [6, 6.07) is 19.8. The number of rotatable bonds is 3. The summed E-state index contributed by atoms with van der Waals surface area (Å²) in [6.45, 7) is 0. The molecule has 0 atom stereocenters. The molecule has 2 aromatic carbocycles. The van der Waals surface area contributed by atoms with Crippen LogP contribution in [0, 0.1) is 0 Å². The van der Waals surface area contributed by atoms with Crippen molar-refractivity contribution in [2.24, 2.45) is 5.10 Å². The Morgan fingerprint density at radius 1 is 0.895 bits per heavy atom. The van der Waals surface area contributed by atoms with Gasteiger partial charge in [-0.2, -0.15) is 5.10 Å². The molecule has 0 unspecified atom stereocenters. The zero-order valence-corrected chi connectivity index (χ0v) is 10.2. The first-order chi connectivity index (χ1) is 9.42. The molecular formula is C15H12N4. The first-order valence-electron chi connectivity index (χ1n) is 5.99. The van der Waals surface area contributed by atoms with Crippen LogP contribution in [0.3, 0.4) is 0 Å². The van der Waals surface area contributed by atoms with Crippen molar-refractivity contribution in [3.63, 3.8) is 0 Å². The molecule has 19 heavy (non-hydrogen) atoms. The fraction of sp³-hybridized carbons (Fsp3) is 0. The molecule has 0 saturated heterocycles. The van der Waals surface area contributed by atoms with E-state index in [2.05, 4.69) is 15.4 Å². The monoisotopic (exact) mass is 248 g/mol. The maximum atomic E-state index is 4.24. The molecule has 0 bridgehead atoms. The Balaban J connectivity index is 1.81. The topological polar surface area (TPSA) is 43.1 Å². The van der Waals surface area contributed by atoms with Gasteiger partial charge < -0.3 is 0 Å². The lowest BCUT2D eigenvalue weighted by Crippen LogP contribution is -1.90. The normalized spacial score (nSPS) is 10.9. The van der Waals surface area contributed by atoms with Gasteiger partial charge in [-0.15, -0.1) is 9.89 Å². The van der Waals surface area contributed by atoms with E-state index in [1.165, 1.54) is 4.79 Å². The van der Waals surface area contributed by atoms with Crippen molar-refractivity contribution in [1.29, 1.82) is 0 Å². The van der Waals surface area contributed by atoms with Crippen LogP contribution >= 0.6 is 0 Å². The minimum Gasteiger partial charge on any atom is -0.157 e. The minimum atomic E-state index is 0.811. The third-order valence-corrected chi connectivity index (χ3v) is 2.68. The Morgan fingerprint density at radius 2 is 1.58 bits per heavy atom. The van der Waals surface area contributed by atoms with Crippen LogP contribution in [0.1, 0.15) is 5.56 Å². The summed E-state index contributed by atoms with van der Waals surface area (Å²) in [5, 5.41) is 12.3. The fourth-order valence-corrected chi connectivity index (χ4v) is 1.72. The highest BCUT2D eigenvalue weighted by Crippen LogP contribution is 2.14. The molecule has 0 aliphatic heterocycles. The SMILES string of the molecule is C(=N\n1cc(-c2ccccc2)nn1)/c1ccccc1. The van der Waals surface area contributed by atoms with Crippen molar-refractivity contribution in [2.45, 2.75) is 0 Å². The third-order valence-electron chi connectivity index (χ3n) is 2.68. The summed E-state index contributed by atoms with van der Waals surface area (Å²) in [6.07, 6.45) is 3.55. The van der Waals surface area contributed by atoms with Crippen LogP contribution in [0.5, 0.6) is 0 Å². The van der Waals surface area contributed by atoms with Gasteiger partial charge in [-0.3, -0.25) is 0 Å². The fourth-order valence-electron chi connectivity index (χ4n) is 1.72. The molecule has 4 nitrogen and oxygen atoms in total. The second-order valence-corrected chi connectivity index (χ2v) is 4.05. The average Bonchev–Trinajstić information content (AvgIpc) is 2.96. The maximum Gasteiger partial charge on any atom is 0.115 e. The molecule has 0 aliphatic rings. The molecule has 0 amide bonds. The summed E-state index contributed by atoms with van der Waals surface area (Å²) in [7, 11) is 0. The van der Waals surface area contributed by atoms with E-state index in [0.29, 0.717) is 0 Å². The van der Waals surface area contributed by atoms with Crippen molar-refractivity contribution in [1.82, 2.24) is 15.1 Å². The molecule has 0 N–H and O–H groups in total. The van der Waals surface area contributed by atoms with Gasteiger partial charge in [0.2, 0.25) is 0 Å². The van der Waals surface area contributed by atoms with E-state index in [-0.39, 0.29) is 0 Å². The molecule has 92 valence electrons. The number of hydrogen-bond donors (Lipinski definition) is 0. The molecule has 4 heteroatoms. The second-order valence-electron chi connectivity index (χ2n) is 4.05. The predicted octanol–water partition coefficient (Wildman–Crippen LogP) is 2.83. The highest BCUT2D eigenvalue weighted by molar-refractivity contribution is 5.79. The Kier molecular flexibility index (Phi) is 3.14. The summed E-state index contributed by atoms with van der Waals surface area (Å²) in [4.78, 5) is 1.47. The van der Waals surface area contributed by atoms with E-state index in [0.717, 1.165) is 16.8 Å². The van der Waals surface area contributed by atoms with E-state index in [9.17, 15) is 0 Å². The highest BCUT2D eigenvalue weighted by atomic mass is 15.6. The Labute approximate surface area is 111 Å². The predicted molar refractivity (Wildman–Crippen MR) is 74.9 cm³/mol. The third kappa shape index (κ3) is 2.74. The van der Waals surface area contributed by atoms with Crippen LogP contribution in [0.15, 0.2) is 72.0 Å². The van der Waals surface area contributed by atoms with Gasteiger partial charge in [0.05, 0.1) is 12.4 Å². The van der Waals surface area contributed by atoms with E-state index in [1.54, 1.807) is 12.4 Å². The first kappa shape index (κ1) is 11.3. The Hall–Kier alpha value is -2.75. The molecular weight excluding hydrogens is 236 g/mol. The Bertz CT molecular complexity index is 672. The summed E-state index contributed by atoms with van der Waals surface area (Å²) >= 11 is 0. The number of nitrogens with zero attached hydrogens (tertiary/aromatic N) is 4. The van der Waals surface area contributed by atoms with Gasteiger partial charge in [0, 0.05) is 5.56 Å². The van der Waals surface area contributed by atoms with Gasteiger partial charge >= 0.3 is 0 Å². The summed E-state index contributed by atoms with van der Waals surface area (Å²) in [5.74, 6) is 0. The molecule has 0 spiro atoms. The van der Waals surface area contributed by atoms with Crippen LogP contribution in [-0.2, 0) is 0 Å². The molecule has 3 aromatic rings. The average molecular weight is 248 g/mol. The molecule has 1 heterocycles. The van der Waals surface area contributed by atoms with Crippen molar-refractivity contribution in [3.8, 4) is 11.3 Å². The summed E-state index contributed by atoms with van der Waals surface area (Å²) in [5.41, 5.74) is 2.87. The van der Waals surface area contributed by atoms with E-state index in [4.69, 9.17) is 0 Å². The second kappa shape index (κ2) is 5.27. The van der Waals surface area contributed by atoms with E-state index in [1.807, 2.05) is 60.7 Å². The van der Waals surface area contributed by atoms with Crippen molar-refractivity contribution in [2.75, 3.05) is 0 Å². The van der Waals surface area contributed by atoms with Crippen LogP contribution in [-0.4, -0.2) is 21.3 Å². The van der Waals surface area contributed by atoms with E-state index >= 15 is 0 Å². The molecule has 0 fully saturated rings. The van der Waals surface area contributed by atoms with Gasteiger partial charge in [-0.05, 0) is 10.8 Å². The lowest BCUT2D eigenvalue weighted by atomic mass is 10.2. The van der Waals surface area contributed by atoms with Gasteiger partial charge in [-0.1, -0.05) is 60.7 Å². The number of hydrogen-bond acceptors (Lipinski definition) is 3. The lowest BCUT2D eigenvalue weighted by Gasteiger charge is -1.92. The molecule has 0 aliphatic carbocycles. The zero-order chi connectivity index (χ0) is 12.9. The smallest absolute Gasteiger partial charge is 0.115 e. The van der Waals surface area contributed by atoms with Crippen molar-refractivity contribution >= 4 is 6.21 Å². The van der Waals surface area contributed by atoms with E-state index < -0.39 is 0 Å². The summed E-state index contributed by atoms with van der Waals surface area (Å²) < 4.78 is 0. The largest absolute Gasteiger partial charge is 0.157 e. The number of aromatic nitrogens is 3. The maximum absolute atomic E-state index is 4.24. The molecule has 1 aromatic heterocycles. The van der Waals surface area contributed by atoms with Crippen molar-refractivity contribution in [3.05, 3.63) is 72.4 Å². The zero-order valence-electron chi connectivity index (χ0n) is 10.2. The van der Waals surface area contributed by atoms with Crippen LogP contribution in [0.4, 0.5) is 0 Å². The number of benzene rings is 2. The first-order valence-corrected chi connectivity index (χ1v) is 5.99. The standard InChI is InChI=1S/C15H12N4/c1-3-7-13(8-4-1)11-16-19-12-15(17-18-19)14-9-5-2-6-10-14/h1-12H/b16-11+. The molecule has 3 rings (SSSR count). The lowest BCUT2D eigenvalue weighted by molar-refractivity contribution is 0.697. The van der Waals surface area contributed by atoms with Gasteiger partial charge in [0.15, 0.2) is 0 Å².